The van der Waals surface area contributed by atoms with Crippen LogP contribution in [-0.2, 0) is 0 Å². The number of carbonyl (C=O) groups is 1. The van der Waals surface area contributed by atoms with Gasteiger partial charge >= 0.3 is 0 Å². The number of amides is 1. The fraction of sp³-hybridized carbons (Fsp3) is 0.519. The van der Waals surface area contributed by atoms with E-state index < -0.39 is 0 Å². The summed E-state index contributed by atoms with van der Waals surface area (Å²) in [5.41, 5.74) is 3.21. The van der Waals surface area contributed by atoms with Crippen molar-refractivity contribution in [2.75, 3.05) is 31.1 Å². The van der Waals surface area contributed by atoms with Crippen molar-refractivity contribution >= 4 is 29.0 Å². The molecule has 1 atom stereocenters. The van der Waals surface area contributed by atoms with Crippen LogP contribution in [0.5, 0.6) is 0 Å². The molecule has 1 amide bonds. The standard InChI is InChI=1S/C27H35N3OS/c1-20(19-29-15-7-8-16-29)30-23-11-5-6-12-25(23)32-26-14-13-22(17-24(26)30)27(31)28-18-21-9-3-2-4-10-21/h5-6,11-14,17,20-21H,2-4,7-10,15-16,18-19H2,1H3,(H,28,31)/t20-/m1/s1. The number of fused-ring (bicyclic) bond motifs is 2. The first-order valence-electron chi connectivity index (χ1n) is 12.4. The fourth-order valence-corrected chi connectivity index (χ4v) is 6.60. The van der Waals surface area contributed by atoms with Crippen LogP contribution in [0.15, 0.2) is 52.3 Å². The van der Waals surface area contributed by atoms with Crippen molar-refractivity contribution in [2.24, 2.45) is 5.92 Å². The van der Waals surface area contributed by atoms with Crippen LogP contribution in [0.25, 0.3) is 0 Å². The molecular formula is C27H35N3OS. The average Bonchev–Trinajstić information content (AvgIpc) is 3.34. The minimum Gasteiger partial charge on any atom is -0.352 e. The van der Waals surface area contributed by atoms with Crippen LogP contribution in [0.4, 0.5) is 11.4 Å². The maximum atomic E-state index is 13.0. The molecule has 1 aliphatic carbocycles. The minimum atomic E-state index is 0.0642. The molecule has 1 saturated heterocycles. The molecule has 2 fully saturated rings. The predicted molar refractivity (Wildman–Crippen MR) is 133 cm³/mol. The van der Waals surface area contributed by atoms with Crippen molar-refractivity contribution in [3.05, 3.63) is 48.0 Å². The summed E-state index contributed by atoms with van der Waals surface area (Å²) in [5, 5.41) is 3.22. The molecule has 1 N–H and O–H groups in total. The topological polar surface area (TPSA) is 35.6 Å². The summed E-state index contributed by atoms with van der Waals surface area (Å²) in [7, 11) is 0. The molecule has 2 aliphatic heterocycles. The molecule has 0 spiro atoms. The first kappa shape index (κ1) is 21.8. The maximum absolute atomic E-state index is 13.0. The van der Waals surface area contributed by atoms with Gasteiger partial charge in [-0.1, -0.05) is 43.2 Å². The van der Waals surface area contributed by atoms with Gasteiger partial charge in [0.1, 0.15) is 0 Å². The second-order valence-electron chi connectivity index (χ2n) is 9.69. The molecule has 1 saturated carbocycles. The number of hydrogen-bond donors (Lipinski definition) is 1. The summed E-state index contributed by atoms with van der Waals surface area (Å²) < 4.78 is 0. The van der Waals surface area contributed by atoms with Gasteiger partial charge in [-0.05, 0) is 81.9 Å². The molecule has 170 valence electrons. The van der Waals surface area contributed by atoms with Crippen molar-refractivity contribution in [1.82, 2.24) is 10.2 Å². The van der Waals surface area contributed by atoms with E-state index in [0.29, 0.717) is 12.0 Å². The number of nitrogens with one attached hydrogen (secondary N) is 1. The van der Waals surface area contributed by atoms with E-state index in [-0.39, 0.29) is 5.91 Å². The molecule has 5 rings (SSSR count). The summed E-state index contributed by atoms with van der Waals surface area (Å²) >= 11 is 1.82. The Kier molecular flexibility index (Phi) is 6.74. The summed E-state index contributed by atoms with van der Waals surface area (Å²) in [6.45, 7) is 6.58. The summed E-state index contributed by atoms with van der Waals surface area (Å²) in [4.78, 5) is 20.6. The van der Waals surface area contributed by atoms with E-state index in [9.17, 15) is 4.79 Å². The summed E-state index contributed by atoms with van der Waals surface area (Å²) in [6.07, 6.45) is 9.07. The lowest BCUT2D eigenvalue weighted by atomic mass is 9.89. The molecule has 4 nitrogen and oxygen atoms in total. The molecular weight excluding hydrogens is 414 g/mol. The normalized spacial score (nSPS) is 20.0. The van der Waals surface area contributed by atoms with Crippen LogP contribution >= 0.6 is 11.8 Å². The van der Waals surface area contributed by atoms with Gasteiger partial charge in [-0.3, -0.25) is 4.79 Å². The van der Waals surface area contributed by atoms with E-state index in [4.69, 9.17) is 0 Å². The Morgan fingerprint density at radius 3 is 2.56 bits per heavy atom. The monoisotopic (exact) mass is 449 g/mol. The molecule has 3 aliphatic rings. The molecule has 0 unspecified atom stereocenters. The van der Waals surface area contributed by atoms with Gasteiger partial charge in [0.2, 0.25) is 0 Å². The van der Waals surface area contributed by atoms with Gasteiger partial charge in [-0.2, -0.15) is 0 Å². The van der Waals surface area contributed by atoms with Gasteiger partial charge in [0.15, 0.2) is 0 Å². The Hall–Kier alpha value is -1.98. The molecule has 32 heavy (non-hydrogen) atoms. The number of rotatable bonds is 6. The van der Waals surface area contributed by atoms with E-state index in [2.05, 4.69) is 58.4 Å². The zero-order chi connectivity index (χ0) is 21.9. The van der Waals surface area contributed by atoms with Crippen LogP contribution in [0.3, 0.4) is 0 Å². The van der Waals surface area contributed by atoms with Gasteiger partial charge in [0.25, 0.3) is 5.91 Å². The van der Waals surface area contributed by atoms with Crippen molar-refractivity contribution in [2.45, 2.75) is 67.7 Å². The number of nitrogens with zero attached hydrogens (tertiary/aromatic N) is 2. The Morgan fingerprint density at radius 2 is 1.75 bits per heavy atom. The van der Waals surface area contributed by atoms with E-state index in [0.717, 1.165) is 18.7 Å². The van der Waals surface area contributed by atoms with E-state index in [1.54, 1.807) is 0 Å². The number of carbonyl (C=O) groups excluding carboxylic acids is 1. The Balaban J connectivity index is 1.38. The first-order chi connectivity index (χ1) is 15.7. The molecule has 0 aromatic heterocycles. The van der Waals surface area contributed by atoms with E-state index in [1.807, 2.05) is 17.8 Å². The molecule has 5 heteroatoms. The van der Waals surface area contributed by atoms with Crippen molar-refractivity contribution in [3.8, 4) is 0 Å². The number of para-hydroxylation sites is 1. The minimum absolute atomic E-state index is 0.0642. The second-order valence-corrected chi connectivity index (χ2v) is 10.8. The van der Waals surface area contributed by atoms with E-state index in [1.165, 1.54) is 79.2 Å². The Morgan fingerprint density at radius 1 is 1.00 bits per heavy atom. The number of anilines is 2. The lowest BCUT2D eigenvalue weighted by Crippen LogP contribution is -2.40. The van der Waals surface area contributed by atoms with E-state index >= 15 is 0 Å². The van der Waals surface area contributed by atoms with Gasteiger partial charge in [0.05, 0.1) is 11.4 Å². The highest BCUT2D eigenvalue weighted by Crippen LogP contribution is 2.49. The maximum Gasteiger partial charge on any atom is 0.251 e. The quantitative estimate of drug-likeness (QED) is 0.579. The number of hydrogen-bond acceptors (Lipinski definition) is 4. The molecule has 2 aromatic rings. The SMILES string of the molecule is C[C@H](CN1CCCC1)N1c2ccccc2Sc2ccc(C(=O)NCC3CCCCC3)cc21. The van der Waals surface area contributed by atoms with Gasteiger partial charge in [-0.25, -0.2) is 0 Å². The summed E-state index contributed by atoms with van der Waals surface area (Å²) in [5.74, 6) is 0.708. The highest BCUT2D eigenvalue weighted by Gasteiger charge is 2.29. The Bertz CT molecular complexity index is 950. The van der Waals surface area contributed by atoms with Gasteiger partial charge in [-0.15, -0.1) is 0 Å². The molecule has 0 bridgehead atoms. The molecule has 2 aromatic carbocycles. The van der Waals surface area contributed by atoms with Crippen LogP contribution in [-0.4, -0.2) is 43.0 Å². The second kappa shape index (κ2) is 9.88. The van der Waals surface area contributed by atoms with Crippen molar-refractivity contribution in [3.63, 3.8) is 0 Å². The van der Waals surface area contributed by atoms with Crippen LogP contribution in [0.2, 0.25) is 0 Å². The third-order valence-electron chi connectivity index (χ3n) is 7.26. The summed E-state index contributed by atoms with van der Waals surface area (Å²) in [6, 6.07) is 15.3. The molecule has 2 heterocycles. The van der Waals surface area contributed by atoms with Crippen molar-refractivity contribution < 1.29 is 4.79 Å². The highest BCUT2D eigenvalue weighted by molar-refractivity contribution is 7.99. The first-order valence-corrected chi connectivity index (χ1v) is 13.2. The third-order valence-corrected chi connectivity index (χ3v) is 8.39. The number of benzene rings is 2. The largest absolute Gasteiger partial charge is 0.352 e. The van der Waals surface area contributed by atoms with Crippen LogP contribution in [0, 0.1) is 5.92 Å². The smallest absolute Gasteiger partial charge is 0.251 e. The molecule has 0 radical (unpaired) electrons. The average molecular weight is 450 g/mol. The zero-order valence-electron chi connectivity index (χ0n) is 19.2. The fourth-order valence-electron chi connectivity index (χ4n) is 5.55. The van der Waals surface area contributed by atoms with Crippen LogP contribution < -0.4 is 10.2 Å². The van der Waals surface area contributed by atoms with Crippen molar-refractivity contribution in [1.29, 1.82) is 0 Å². The highest BCUT2D eigenvalue weighted by atomic mass is 32.2. The third kappa shape index (κ3) is 4.69. The predicted octanol–water partition coefficient (Wildman–Crippen LogP) is 6.08. The zero-order valence-corrected chi connectivity index (χ0v) is 20.0. The van der Waals surface area contributed by atoms with Crippen LogP contribution in [0.1, 0.15) is 62.2 Å². The lowest BCUT2D eigenvalue weighted by Gasteiger charge is -2.39. The van der Waals surface area contributed by atoms with Gasteiger partial charge < -0.3 is 15.1 Å². The van der Waals surface area contributed by atoms with Gasteiger partial charge in [0, 0.05) is 34.5 Å². The Labute approximate surface area is 196 Å². The number of likely N-dealkylation sites (tertiary alicyclic amines) is 1. The lowest BCUT2D eigenvalue weighted by molar-refractivity contribution is 0.0943.